The summed E-state index contributed by atoms with van der Waals surface area (Å²) in [6.07, 6.45) is 7.10. The molecule has 2 N–H and O–H groups in total. The lowest BCUT2D eigenvalue weighted by Crippen LogP contribution is -2.53. The van der Waals surface area contributed by atoms with Gasteiger partial charge < -0.3 is 20.1 Å². The lowest BCUT2D eigenvalue weighted by atomic mass is 9.90. The van der Waals surface area contributed by atoms with E-state index in [4.69, 9.17) is 4.74 Å². The van der Waals surface area contributed by atoms with Crippen molar-refractivity contribution in [3.63, 3.8) is 0 Å². The molecule has 4 nitrogen and oxygen atoms in total. The van der Waals surface area contributed by atoms with Gasteiger partial charge in [-0.3, -0.25) is 0 Å². The van der Waals surface area contributed by atoms with Crippen molar-refractivity contribution >= 4 is 0 Å². The zero-order chi connectivity index (χ0) is 12.8. The van der Waals surface area contributed by atoms with Crippen LogP contribution < -0.4 is 5.32 Å². The van der Waals surface area contributed by atoms with E-state index in [1.54, 1.807) is 0 Å². The molecule has 0 saturated carbocycles. The molecule has 4 heteroatoms. The van der Waals surface area contributed by atoms with Crippen molar-refractivity contribution < 1.29 is 9.84 Å². The first kappa shape index (κ1) is 14.3. The van der Waals surface area contributed by atoms with Crippen molar-refractivity contribution in [2.45, 2.75) is 50.1 Å². The molecule has 0 aromatic carbocycles. The van der Waals surface area contributed by atoms with E-state index < -0.39 is 0 Å². The SMILES string of the molecule is CN1CCCCC1CCNC1(CO)CCOCC1. The highest BCUT2D eigenvalue weighted by molar-refractivity contribution is 4.90. The van der Waals surface area contributed by atoms with Crippen LogP contribution in [0.3, 0.4) is 0 Å². The first-order valence-corrected chi connectivity index (χ1v) is 7.40. The van der Waals surface area contributed by atoms with Crippen molar-refractivity contribution in [1.82, 2.24) is 10.2 Å². The third-order valence-corrected chi connectivity index (χ3v) is 4.65. The van der Waals surface area contributed by atoms with Gasteiger partial charge in [-0.2, -0.15) is 0 Å². The summed E-state index contributed by atoms with van der Waals surface area (Å²) in [7, 11) is 2.24. The van der Waals surface area contributed by atoms with Crippen LogP contribution in [0.4, 0.5) is 0 Å². The fraction of sp³-hybridized carbons (Fsp3) is 1.00. The van der Waals surface area contributed by atoms with Gasteiger partial charge in [-0.25, -0.2) is 0 Å². The molecule has 1 unspecified atom stereocenters. The van der Waals surface area contributed by atoms with Gasteiger partial charge in [0.2, 0.25) is 0 Å². The maximum atomic E-state index is 9.60. The largest absolute Gasteiger partial charge is 0.394 e. The normalized spacial score (nSPS) is 29.3. The van der Waals surface area contributed by atoms with Gasteiger partial charge in [-0.15, -0.1) is 0 Å². The summed E-state index contributed by atoms with van der Waals surface area (Å²) in [5.74, 6) is 0. The van der Waals surface area contributed by atoms with E-state index in [1.165, 1.54) is 32.2 Å². The van der Waals surface area contributed by atoms with Gasteiger partial charge in [0.05, 0.1) is 6.61 Å². The van der Waals surface area contributed by atoms with Gasteiger partial charge in [0.1, 0.15) is 0 Å². The molecule has 2 aliphatic rings. The van der Waals surface area contributed by atoms with Crippen molar-refractivity contribution in [3.05, 3.63) is 0 Å². The number of piperidine rings is 1. The number of ether oxygens (including phenoxy) is 1. The Bertz CT molecular complexity index is 242. The Morgan fingerprint density at radius 2 is 2.11 bits per heavy atom. The predicted octanol–water partition coefficient (Wildman–Crippen LogP) is 0.992. The zero-order valence-electron chi connectivity index (χ0n) is 11.7. The second kappa shape index (κ2) is 6.85. The summed E-state index contributed by atoms with van der Waals surface area (Å²) in [6, 6.07) is 0.724. The van der Waals surface area contributed by atoms with Gasteiger partial charge >= 0.3 is 0 Å². The minimum Gasteiger partial charge on any atom is -0.394 e. The average Bonchev–Trinajstić information content (AvgIpc) is 2.42. The molecule has 18 heavy (non-hydrogen) atoms. The molecule has 2 fully saturated rings. The van der Waals surface area contributed by atoms with E-state index in [0.29, 0.717) is 0 Å². The quantitative estimate of drug-likeness (QED) is 0.770. The molecule has 106 valence electrons. The Balaban J connectivity index is 1.72. The Labute approximate surface area is 111 Å². The van der Waals surface area contributed by atoms with Crippen LogP contribution in [0.5, 0.6) is 0 Å². The van der Waals surface area contributed by atoms with Gasteiger partial charge in [0.25, 0.3) is 0 Å². The summed E-state index contributed by atoms with van der Waals surface area (Å²) in [6.45, 7) is 4.03. The molecule has 2 heterocycles. The molecule has 2 saturated heterocycles. The van der Waals surface area contributed by atoms with Crippen LogP contribution in [-0.2, 0) is 4.74 Å². The van der Waals surface area contributed by atoms with Crippen LogP contribution in [0.15, 0.2) is 0 Å². The maximum absolute atomic E-state index is 9.60. The minimum atomic E-state index is -0.0779. The van der Waals surface area contributed by atoms with E-state index in [9.17, 15) is 5.11 Å². The third-order valence-electron chi connectivity index (χ3n) is 4.65. The third kappa shape index (κ3) is 3.67. The topological polar surface area (TPSA) is 44.7 Å². The van der Waals surface area contributed by atoms with Crippen LogP contribution in [0, 0.1) is 0 Å². The molecule has 0 radical (unpaired) electrons. The highest BCUT2D eigenvalue weighted by Crippen LogP contribution is 2.21. The highest BCUT2D eigenvalue weighted by Gasteiger charge is 2.31. The molecule has 2 aliphatic heterocycles. The van der Waals surface area contributed by atoms with Crippen molar-refractivity contribution in [2.24, 2.45) is 0 Å². The molecular weight excluding hydrogens is 228 g/mol. The van der Waals surface area contributed by atoms with E-state index in [2.05, 4.69) is 17.3 Å². The Morgan fingerprint density at radius 3 is 2.78 bits per heavy atom. The molecular formula is C14H28N2O2. The van der Waals surface area contributed by atoms with Crippen LogP contribution in [0.1, 0.15) is 38.5 Å². The van der Waals surface area contributed by atoms with Crippen molar-refractivity contribution in [3.8, 4) is 0 Å². The molecule has 0 spiro atoms. The highest BCUT2D eigenvalue weighted by atomic mass is 16.5. The lowest BCUT2D eigenvalue weighted by molar-refractivity contribution is 0.0109. The Kier molecular flexibility index (Phi) is 5.42. The van der Waals surface area contributed by atoms with Gasteiger partial charge in [-0.1, -0.05) is 6.42 Å². The van der Waals surface area contributed by atoms with E-state index in [-0.39, 0.29) is 12.1 Å². The molecule has 1 atom stereocenters. The summed E-state index contributed by atoms with van der Waals surface area (Å²) in [5.41, 5.74) is -0.0779. The number of nitrogens with zero attached hydrogens (tertiary/aromatic N) is 1. The molecule has 0 amide bonds. The summed E-state index contributed by atoms with van der Waals surface area (Å²) in [5, 5.41) is 13.2. The minimum absolute atomic E-state index is 0.0779. The maximum Gasteiger partial charge on any atom is 0.0615 e. The molecule has 0 aliphatic carbocycles. The summed E-state index contributed by atoms with van der Waals surface area (Å²) >= 11 is 0. The predicted molar refractivity (Wildman–Crippen MR) is 72.8 cm³/mol. The fourth-order valence-corrected chi connectivity index (χ4v) is 3.17. The molecule has 0 aromatic rings. The Hall–Kier alpha value is -0.160. The second-order valence-corrected chi connectivity index (χ2v) is 5.90. The number of rotatable bonds is 5. The fourth-order valence-electron chi connectivity index (χ4n) is 3.17. The Morgan fingerprint density at radius 1 is 1.33 bits per heavy atom. The van der Waals surface area contributed by atoms with Gasteiger partial charge in [0, 0.05) is 24.8 Å². The first-order valence-electron chi connectivity index (χ1n) is 7.40. The van der Waals surface area contributed by atoms with Crippen molar-refractivity contribution in [2.75, 3.05) is 40.0 Å². The smallest absolute Gasteiger partial charge is 0.0615 e. The van der Waals surface area contributed by atoms with E-state index in [1.807, 2.05) is 0 Å². The van der Waals surface area contributed by atoms with Gasteiger partial charge in [-0.05, 0) is 52.2 Å². The summed E-state index contributed by atoms with van der Waals surface area (Å²) in [4.78, 5) is 2.49. The van der Waals surface area contributed by atoms with E-state index in [0.717, 1.165) is 38.6 Å². The summed E-state index contributed by atoms with van der Waals surface area (Å²) < 4.78 is 5.38. The number of hydrogen-bond donors (Lipinski definition) is 2. The number of nitrogens with one attached hydrogen (secondary N) is 1. The lowest BCUT2D eigenvalue weighted by Gasteiger charge is -2.38. The monoisotopic (exact) mass is 256 g/mol. The number of likely N-dealkylation sites (tertiary alicyclic amines) is 1. The number of aliphatic hydroxyl groups is 1. The number of aliphatic hydroxyl groups excluding tert-OH is 1. The van der Waals surface area contributed by atoms with Crippen LogP contribution >= 0.6 is 0 Å². The molecule has 2 rings (SSSR count). The van der Waals surface area contributed by atoms with Crippen LogP contribution in [0.25, 0.3) is 0 Å². The standard InChI is InChI=1S/C14H28N2O2/c1-16-9-3-2-4-13(16)5-8-15-14(12-17)6-10-18-11-7-14/h13,15,17H,2-12H2,1H3. The zero-order valence-corrected chi connectivity index (χ0v) is 11.7. The van der Waals surface area contributed by atoms with Crippen LogP contribution in [0.2, 0.25) is 0 Å². The van der Waals surface area contributed by atoms with Crippen LogP contribution in [-0.4, -0.2) is 61.5 Å². The molecule has 0 aromatic heterocycles. The first-order chi connectivity index (χ1) is 8.76. The second-order valence-electron chi connectivity index (χ2n) is 5.90. The van der Waals surface area contributed by atoms with Gasteiger partial charge in [0.15, 0.2) is 0 Å². The van der Waals surface area contributed by atoms with E-state index >= 15 is 0 Å². The number of hydrogen-bond acceptors (Lipinski definition) is 4. The van der Waals surface area contributed by atoms with Crippen molar-refractivity contribution in [1.29, 1.82) is 0 Å². The molecule has 0 bridgehead atoms. The average molecular weight is 256 g/mol.